The number of nitriles is 1. The Morgan fingerprint density at radius 1 is 1.05 bits per heavy atom. The lowest BCUT2D eigenvalue weighted by molar-refractivity contribution is -0.138. The zero-order valence-corrected chi connectivity index (χ0v) is 24.0. The van der Waals surface area contributed by atoms with Gasteiger partial charge in [0.15, 0.2) is 0 Å². The summed E-state index contributed by atoms with van der Waals surface area (Å²) < 4.78 is 74.4. The zero-order chi connectivity index (χ0) is 31.8. The smallest absolute Gasteiger partial charge is 0.351 e. The minimum absolute atomic E-state index is 0.00223. The third kappa shape index (κ3) is 5.88. The Labute approximate surface area is 250 Å². The summed E-state index contributed by atoms with van der Waals surface area (Å²) in [6.07, 6.45) is -3.04. The first-order chi connectivity index (χ1) is 20.9. The van der Waals surface area contributed by atoms with E-state index < -0.39 is 35.1 Å². The molecule has 0 fully saturated rings. The van der Waals surface area contributed by atoms with E-state index in [1.165, 1.54) is 12.1 Å². The third-order valence-electron chi connectivity index (χ3n) is 7.80. The highest BCUT2D eigenvalue weighted by atomic mass is 19.4. The number of aryl methyl sites for hydroxylation is 2. The Morgan fingerprint density at radius 2 is 1.75 bits per heavy atom. The predicted octanol–water partition coefficient (Wildman–Crippen LogP) is 6.88. The summed E-state index contributed by atoms with van der Waals surface area (Å²) in [7, 11) is 0. The molecule has 1 aromatic heterocycles. The topological polar surface area (TPSA) is 100.0 Å². The van der Waals surface area contributed by atoms with Gasteiger partial charge in [-0.1, -0.05) is 38.1 Å². The summed E-state index contributed by atoms with van der Waals surface area (Å²) >= 11 is 0. The van der Waals surface area contributed by atoms with Gasteiger partial charge in [0.25, 0.3) is 0 Å². The van der Waals surface area contributed by atoms with Crippen LogP contribution in [0.3, 0.4) is 0 Å². The number of nitrogens with two attached hydrogens (primary N) is 1. The maximum absolute atomic E-state index is 15.8. The van der Waals surface area contributed by atoms with Crippen molar-refractivity contribution in [1.82, 2.24) is 14.7 Å². The number of halogens is 5. The van der Waals surface area contributed by atoms with Crippen LogP contribution in [0.1, 0.15) is 52.9 Å². The lowest BCUT2D eigenvalue weighted by atomic mass is 9.97. The van der Waals surface area contributed by atoms with Gasteiger partial charge in [-0.05, 0) is 47.7 Å². The lowest BCUT2D eigenvalue weighted by Gasteiger charge is -2.28. The molecule has 0 radical (unpaired) electrons. The molecule has 2 heterocycles. The molecule has 0 saturated heterocycles. The second kappa shape index (κ2) is 12.1. The monoisotopic (exact) mass is 608 g/mol. The first kappa shape index (κ1) is 30.7. The van der Waals surface area contributed by atoms with Crippen molar-refractivity contribution in [1.29, 1.82) is 5.26 Å². The molecule has 5 rings (SSSR count). The number of carbonyl (C=O) groups is 1. The molecule has 0 aliphatic carbocycles. The van der Waals surface area contributed by atoms with Gasteiger partial charge in [0.2, 0.25) is 0 Å². The number of alkyl halides is 3. The van der Waals surface area contributed by atoms with Gasteiger partial charge in [-0.15, -0.1) is 0 Å². The minimum Gasteiger partial charge on any atom is -0.351 e. The van der Waals surface area contributed by atoms with Crippen LogP contribution >= 0.6 is 0 Å². The van der Waals surface area contributed by atoms with Crippen molar-refractivity contribution < 1.29 is 26.7 Å². The normalized spacial score (nSPS) is 13.4. The SMILES string of the molecule is CCc1cccc(CC)c1-n1nc2c(c1-c1cc(F)c(NC(N)=O)cc1F)CN(Cc1ccc(C#N)cc1C(F)(F)F)CC2. The third-order valence-corrected chi connectivity index (χ3v) is 7.80. The number of urea groups is 1. The van der Waals surface area contributed by atoms with Gasteiger partial charge in [0.1, 0.15) is 11.6 Å². The molecule has 1 aliphatic rings. The van der Waals surface area contributed by atoms with Crippen LogP contribution in [0.25, 0.3) is 16.9 Å². The van der Waals surface area contributed by atoms with Gasteiger partial charge in [-0.25, -0.2) is 18.3 Å². The van der Waals surface area contributed by atoms with Gasteiger partial charge in [-0.2, -0.15) is 23.5 Å². The van der Waals surface area contributed by atoms with Gasteiger partial charge in [-0.3, -0.25) is 4.90 Å². The van der Waals surface area contributed by atoms with E-state index in [0.29, 0.717) is 37.1 Å². The Balaban J connectivity index is 1.67. The summed E-state index contributed by atoms with van der Waals surface area (Å²) in [5.74, 6) is -1.75. The van der Waals surface area contributed by atoms with Gasteiger partial charge in [0, 0.05) is 43.2 Å². The summed E-state index contributed by atoms with van der Waals surface area (Å²) in [5.41, 5.74) is 7.64. The molecule has 0 bridgehead atoms. The Bertz CT molecular complexity index is 1770. The van der Waals surface area contributed by atoms with Gasteiger partial charge >= 0.3 is 12.2 Å². The Morgan fingerprint density at radius 3 is 2.36 bits per heavy atom. The fraction of sp³-hybridized carbons (Fsp3) is 0.281. The molecule has 3 aromatic carbocycles. The van der Waals surface area contributed by atoms with Crippen LogP contribution in [-0.4, -0.2) is 27.3 Å². The fourth-order valence-electron chi connectivity index (χ4n) is 5.74. The summed E-state index contributed by atoms with van der Waals surface area (Å²) in [6, 6.07) is 11.8. The number of hydrogen-bond acceptors (Lipinski definition) is 4. The minimum atomic E-state index is -4.67. The number of primary amides is 1. The number of rotatable bonds is 7. The zero-order valence-electron chi connectivity index (χ0n) is 24.0. The number of aromatic nitrogens is 2. The largest absolute Gasteiger partial charge is 0.416 e. The molecule has 0 atom stereocenters. The van der Waals surface area contributed by atoms with Crippen LogP contribution in [0, 0.1) is 23.0 Å². The van der Waals surface area contributed by atoms with Crippen molar-refractivity contribution in [3.05, 3.63) is 99.2 Å². The molecule has 0 unspecified atom stereocenters. The number of anilines is 1. The quantitative estimate of drug-likeness (QED) is 0.224. The molecule has 7 nitrogen and oxygen atoms in total. The highest BCUT2D eigenvalue weighted by Gasteiger charge is 2.35. The average Bonchev–Trinajstić information content (AvgIpc) is 3.35. The number of nitrogens with zero attached hydrogens (tertiary/aromatic N) is 4. The van der Waals surface area contributed by atoms with E-state index in [-0.39, 0.29) is 35.5 Å². The second-order valence-corrected chi connectivity index (χ2v) is 10.6. The van der Waals surface area contributed by atoms with Crippen molar-refractivity contribution in [2.45, 2.75) is 52.4 Å². The van der Waals surface area contributed by atoms with E-state index in [1.807, 2.05) is 32.0 Å². The van der Waals surface area contributed by atoms with Crippen LogP contribution in [0.4, 0.5) is 32.4 Å². The predicted molar refractivity (Wildman–Crippen MR) is 155 cm³/mol. The first-order valence-corrected chi connectivity index (χ1v) is 14.0. The molecule has 0 spiro atoms. The highest BCUT2D eigenvalue weighted by Crippen LogP contribution is 2.39. The molecule has 3 N–H and O–H groups in total. The first-order valence-electron chi connectivity index (χ1n) is 14.0. The number of hydrogen-bond donors (Lipinski definition) is 2. The standard InChI is InChI=1S/C32H29F5N6O/c1-3-19-6-5-7-20(4-2)29(19)43-30(22-13-26(34)28(14-25(22)33)40-31(39)44)23-17-42(11-10-27(23)41-43)16-21-9-8-18(15-38)12-24(21)32(35,36)37/h5-9,12-14H,3-4,10-11,16-17H2,1-2H3,(H3,39,40,44). The van der Waals surface area contributed by atoms with Crippen LogP contribution in [0.2, 0.25) is 0 Å². The number of amides is 2. The molecule has 2 amide bonds. The van der Waals surface area contributed by atoms with Gasteiger partial charge < -0.3 is 11.1 Å². The summed E-state index contributed by atoms with van der Waals surface area (Å²) in [6.45, 7) is 4.34. The van der Waals surface area contributed by atoms with Crippen LogP contribution in [0.15, 0.2) is 48.5 Å². The molecule has 1 aliphatic heterocycles. The summed E-state index contributed by atoms with van der Waals surface area (Å²) in [5, 5.41) is 16.1. The number of fused-ring (bicyclic) bond motifs is 1. The Kier molecular flexibility index (Phi) is 8.43. The van der Waals surface area contributed by atoms with Crippen LogP contribution in [0.5, 0.6) is 0 Å². The van der Waals surface area contributed by atoms with E-state index >= 15 is 8.78 Å². The number of nitrogens with one attached hydrogen (secondary N) is 1. The fourth-order valence-corrected chi connectivity index (χ4v) is 5.74. The van der Waals surface area contributed by atoms with E-state index in [0.717, 1.165) is 35.0 Å². The maximum Gasteiger partial charge on any atom is 0.416 e. The van der Waals surface area contributed by atoms with Crippen LogP contribution < -0.4 is 11.1 Å². The van der Waals surface area contributed by atoms with Crippen molar-refractivity contribution in [2.24, 2.45) is 5.73 Å². The van der Waals surface area contributed by atoms with Crippen LogP contribution in [-0.2, 0) is 38.5 Å². The number of benzene rings is 3. The van der Waals surface area contributed by atoms with Crippen molar-refractivity contribution in [2.75, 3.05) is 11.9 Å². The molecule has 4 aromatic rings. The van der Waals surface area contributed by atoms with Crippen molar-refractivity contribution in [3.63, 3.8) is 0 Å². The highest BCUT2D eigenvalue weighted by molar-refractivity contribution is 5.88. The average molecular weight is 609 g/mol. The van der Waals surface area contributed by atoms with E-state index in [4.69, 9.17) is 16.1 Å². The van der Waals surface area contributed by atoms with E-state index in [9.17, 15) is 18.0 Å². The second-order valence-electron chi connectivity index (χ2n) is 10.6. The molecule has 44 heavy (non-hydrogen) atoms. The lowest BCUT2D eigenvalue weighted by Crippen LogP contribution is -2.31. The molecule has 0 saturated carbocycles. The Hall–Kier alpha value is -4.76. The molecule has 12 heteroatoms. The molecule has 228 valence electrons. The molecular weight excluding hydrogens is 579 g/mol. The van der Waals surface area contributed by atoms with Crippen molar-refractivity contribution >= 4 is 11.7 Å². The van der Waals surface area contributed by atoms with Gasteiger partial charge in [0.05, 0.1) is 40.0 Å². The number of para-hydroxylation sites is 1. The maximum atomic E-state index is 15.8. The molecular formula is C32H29F5N6O. The summed E-state index contributed by atoms with van der Waals surface area (Å²) in [4.78, 5) is 13.1. The van der Waals surface area contributed by atoms with Crippen molar-refractivity contribution in [3.8, 4) is 23.0 Å². The van der Waals surface area contributed by atoms with E-state index in [2.05, 4.69) is 5.32 Å². The van der Waals surface area contributed by atoms with E-state index in [1.54, 1.807) is 15.7 Å². The number of carbonyl (C=O) groups excluding carboxylic acids is 1.